The maximum absolute atomic E-state index is 12.0. The number of carbonyl (C=O) groups excluding carboxylic acids is 1. The number of hydrogen-bond acceptors (Lipinski definition) is 1. The van der Waals surface area contributed by atoms with Gasteiger partial charge in [-0.2, -0.15) is 0 Å². The van der Waals surface area contributed by atoms with Crippen molar-refractivity contribution in [1.29, 1.82) is 0 Å². The number of halogens is 1. The molecule has 0 bridgehead atoms. The molecule has 0 spiro atoms. The minimum atomic E-state index is 0.289. The standard InChI is InChI=1S/C14H26BrNO/c1-12(15)8-7-11-16-14(17)13-9-5-3-2-4-6-10-13/h12-13H,2-11H2,1H3,(H,16,17). The van der Waals surface area contributed by atoms with Crippen LogP contribution in [0.1, 0.15) is 64.7 Å². The highest BCUT2D eigenvalue weighted by Crippen LogP contribution is 2.22. The van der Waals surface area contributed by atoms with Gasteiger partial charge in [-0.1, -0.05) is 55.0 Å². The van der Waals surface area contributed by atoms with Crippen LogP contribution in [0, 0.1) is 5.92 Å². The van der Waals surface area contributed by atoms with Crippen LogP contribution in [0.5, 0.6) is 0 Å². The first-order valence-electron chi connectivity index (χ1n) is 7.12. The molecule has 0 aromatic carbocycles. The first-order valence-corrected chi connectivity index (χ1v) is 8.03. The molecule has 1 rings (SSSR count). The molecule has 1 amide bonds. The van der Waals surface area contributed by atoms with Crippen molar-refractivity contribution in [3.63, 3.8) is 0 Å². The van der Waals surface area contributed by atoms with Crippen molar-refractivity contribution in [2.24, 2.45) is 5.92 Å². The van der Waals surface area contributed by atoms with E-state index in [2.05, 4.69) is 28.2 Å². The molecule has 100 valence electrons. The highest BCUT2D eigenvalue weighted by molar-refractivity contribution is 9.09. The molecule has 1 unspecified atom stereocenters. The van der Waals surface area contributed by atoms with E-state index >= 15 is 0 Å². The second-order valence-corrected chi connectivity index (χ2v) is 6.82. The molecule has 0 saturated heterocycles. The first-order chi connectivity index (χ1) is 8.20. The predicted octanol–water partition coefficient (Wildman–Crippen LogP) is 4.03. The lowest BCUT2D eigenvalue weighted by Gasteiger charge is -2.19. The van der Waals surface area contributed by atoms with Crippen molar-refractivity contribution < 1.29 is 4.79 Å². The zero-order valence-corrected chi connectivity index (χ0v) is 12.6. The highest BCUT2D eigenvalue weighted by Gasteiger charge is 2.18. The normalized spacial score (nSPS) is 20.4. The quantitative estimate of drug-likeness (QED) is 0.603. The van der Waals surface area contributed by atoms with Crippen LogP contribution in [0.25, 0.3) is 0 Å². The van der Waals surface area contributed by atoms with Crippen LogP contribution in [0.3, 0.4) is 0 Å². The van der Waals surface area contributed by atoms with E-state index < -0.39 is 0 Å². The summed E-state index contributed by atoms with van der Waals surface area (Å²) in [6.45, 7) is 2.99. The van der Waals surface area contributed by atoms with E-state index in [1.807, 2.05) is 0 Å². The van der Waals surface area contributed by atoms with E-state index in [4.69, 9.17) is 0 Å². The maximum Gasteiger partial charge on any atom is 0.223 e. The molecule has 1 fully saturated rings. The van der Waals surface area contributed by atoms with Crippen LogP contribution < -0.4 is 5.32 Å². The topological polar surface area (TPSA) is 29.1 Å². The van der Waals surface area contributed by atoms with Gasteiger partial charge in [-0.15, -0.1) is 0 Å². The zero-order valence-electron chi connectivity index (χ0n) is 11.0. The van der Waals surface area contributed by atoms with Gasteiger partial charge in [0.2, 0.25) is 5.91 Å². The van der Waals surface area contributed by atoms with E-state index in [9.17, 15) is 4.79 Å². The molecule has 0 aromatic rings. The molecule has 3 heteroatoms. The molecule has 0 aliphatic heterocycles. The Labute approximate surface area is 114 Å². The van der Waals surface area contributed by atoms with E-state index in [-0.39, 0.29) is 5.92 Å². The van der Waals surface area contributed by atoms with Crippen LogP contribution in [0.15, 0.2) is 0 Å². The molecule has 1 aliphatic rings. The van der Waals surface area contributed by atoms with Crippen molar-refractivity contribution in [2.75, 3.05) is 6.54 Å². The van der Waals surface area contributed by atoms with Crippen LogP contribution >= 0.6 is 15.9 Å². The number of carbonyl (C=O) groups is 1. The van der Waals surface area contributed by atoms with Crippen molar-refractivity contribution in [3.8, 4) is 0 Å². The average molecular weight is 304 g/mol. The molecule has 2 nitrogen and oxygen atoms in total. The molecule has 0 radical (unpaired) electrons. The number of nitrogens with one attached hydrogen (secondary N) is 1. The Balaban J connectivity index is 2.16. The number of alkyl halides is 1. The van der Waals surface area contributed by atoms with E-state index in [0.29, 0.717) is 10.7 Å². The molecule has 17 heavy (non-hydrogen) atoms. The summed E-state index contributed by atoms with van der Waals surface area (Å²) in [6.07, 6.45) is 10.8. The van der Waals surface area contributed by atoms with Gasteiger partial charge < -0.3 is 5.32 Å². The van der Waals surface area contributed by atoms with E-state index in [1.165, 1.54) is 32.1 Å². The Morgan fingerprint density at radius 3 is 2.41 bits per heavy atom. The lowest BCUT2D eigenvalue weighted by Crippen LogP contribution is -2.32. The third kappa shape index (κ3) is 7.07. The van der Waals surface area contributed by atoms with Gasteiger partial charge in [0.15, 0.2) is 0 Å². The van der Waals surface area contributed by atoms with Gasteiger partial charge in [-0.05, 0) is 25.7 Å². The Bertz CT molecular complexity index is 210. The Morgan fingerprint density at radius 1 is 1.24 bits per heavy atom. The third-order valence-corrected chi connectivity index (χ3v) is 4.01. The Hall–Kier alpha value is -0.0500. The van der Waals surface area contributed by atoms with Gasteiger partial charge >= 0.3 is 0 Å². The minimum absolute atomic E-state index is 0.289. The summed E-state index contributed by atoms with van der Waals surface area (Å²) in [5.74, 6) is 0.589. The third-order valence-electron chi connectivity index (χ3n) is 3.55. The fourth-order valence-corrected chi connectivity index (χ4v) is 2.78. The van der Waals surface area contributed by atoms with Crippen LogP contribution in [0.4, 0.5) is 0 Å². The smallest absolute Gasteiger partial charge is 0.223 e. The SMILES string of the molecule is CC(Br)CCCNC(=O)C1CCCCCCC1. The summed E-state index contributed by atoms with van der Waals surface area (Å²) >= 11 is 3.52. The summed E-state index contributed by atoms with van der Waals surface area (Å²) in [5.41, 5.74) is 0. The van der Waals surface area contributed by atoms with Gasteiger partial charge in [0, 0.05) is 17.3 Å². The second kappa shape index (κ2) is 8.96. The number of rotatable bonds is 5. The number of hydrogen-bond donors (Lipinski definition) is 1. The molecule has 1 saturated carbocycles. The Morgan fingerprint density at radius 2 is 1.82 bits per heavy atom. The fraction of sp³-hybridized carbons (Fsp3) is 0.929. The molecular formula is C14H26BrNO. The second-order valence-electron chi connectivity index (χ2n) is 5.26. The van der Waals surface area contributed by atoms with E-state index in [0.717, 1.165) is 32.2 Å². The summed E-state index contributed by atoms with van der Waals surface area (Å²) in [6, 6.07) is 0. The molecule has 0 aromatic heterocycles. The number of amides is 1. The first kappa shape index (κ1) is 15.0. The average Bonchev–Trinajstić information content (AvgIpc) is 2.23. The lowest BCUT2D eigenvalue weighted by atomic mass is 9.90. The van der Waals surface area contributed by atoms with Gasteiger partial charge in [0.05, 0.1) is 0 Å². The lowest BCUT2D eigenvalue weighted by molar-refractivity contribution is -0.125. The maximum atomic E-state index is 12.0. The van der Waals surface area contributed by atoms with E-state index in [1.54, 1.807) is 0 Å². The predicted molar refractivity (Wildman–Crippen MR) is 76.4 cm³/mol. The monoisotopic (exact) mass is 303 g/mol. The van der Waals surface area contributed by atoms with Crippen LogP contribution in [0.2, 0.25) is 0 Å². The van der Waals surface area contributed by atoms with Crippen molar-refractivity contribution in [1.82, 2.24) is 5.32 Å². The molecule has 1 N–H and O–H groups in total. The van der Waals surface area contributed by atoms with Crippen LogP contribution in [-0.4, -0.2) is 17.3 Å². The summed E-state index contributed by atoms with van der Waals surface area (Å²) in [7, 11) is 0. The van der Waals surface area contributed by atoms with Crippen molar-refractivity contribution >= 4 is 21.8 Å². The van der Waals surface area contributed by atoms with Crippen molar-refractivity contribution in [2.45, 2.75) is 69.5 Å². The largest absolute Gasteiger partial charge is 0.356 e. The molecule has 0 heterocycles. The van der Waals surface area contributed by atoms with Crippen LogP contribution in [-0.2, 0) is 4.79 Å². The minimum Gasteiger partial charge on any atom is -0.356 e. The summed E-state index contributed by atoms with van der Waals surface area (Å²) in [5, 5.41) is 3.10. The van der Waals surface area contributed by atoms with Gasteiger partial charge in [-0.25, -0.2) is 0 Å². The van der Waals surface area contributed by atoms with Crippen molar-refractivity contribution in [3.05, 3.63) is 0 Å². The summed E-state index contributed by atoms with van der Waals surface area (Å²) < 4.78 is 0. The van der Waals surface area contributed by atoms with Gasteiger partial charge in [0.1, 0.15) is 0 Å². The van der Waals surface area contributed by atoms with Gasteiger partial charge in [0.25, 0.3) is 0 Å². The van der Waals surface area contributed by atoms with Gasteiger partial charge in [-0.3, -0.25) is 4.79 Å². The Kier molecular flexibility index (Phi) is 7.91. The molecule has 1 aliphatic carbocycles. The molecule has 1 atom stereocenters. The summed E-state index contributed by atoms with van der Waals surface area (Å²) in [4.78, 5) is 12.5. The fourth-order valence-electron chi connectivity index (χ4n) is 2.46. The highest BCUT2D eigenvalue weighted by atomic mass is 79.9. The zero-order chi connectivity index (χ0) is 12.5. The molecular weight excluding hydrogens is 278 g/mol.